The van der Waals surface area contributed by atoms with Crippen molar-refractivity contribution in [1.82, 2.24) is 25.3 Å². The number of carbonyl (C=O) groups is 1. The van der Waals surface area contributed by atoms with Crippen molar-refractivity contribution in [2.24, 2.45) is 5.84 Å². The Labute approximate surface area is 182 Å². The van der Waals surface area contributed by atoms with Gasteiger partial charge in [0.05, 0.1) is 11.9 Å². The van der Waals surface area contributed by atoms with E-state index in [9.17, 15) is 4.79 Å². The summed E-state index contributed by atoms with van der Waals surface area (Å²) in [5, 5.41) is 7.19. The van der Waals surface area contributed by atoms with Gasteiger partial charge in [0.25, 0.3) is 5.91 Å². The highest BCUT2D eigenvalue weighted by atomic mass is 16.2. The van der Waals surface area contributed by atoms with E-state index < -0.39 is 0 Å². The molecule has 0 radical (unpaired) electrons. The van der Waals surface area contributed by atoms with E-state index in [1.54, 1.807) is 4.52 Å². The normalized spacial score (nSPS) is 18.4. The van der Waals surface area contributed by atoms with E-state index in [0.29, 0.717) is 24.3 Å². The molecule has 1 aromatic carbocycles. The highest BCUT2D eigenvalue weighted by molar-refractivity contribution is 5.91. The van der Waals surface area contributed by atoms with Crippen molar-refractivity contribution in [3.63, 3.8) is 0 Å². The van der Waals surface area contributed by atoms with E-state index in [4.69, 9.17) is 5.84 Å². The van der Waals surface area contributed by atoms with Crippen molar-refractivity contribution in [3.05, 3.63) is 71.8 Å². The molecule has 1 saturated heterocycles. The van der Waals surface area contributed by atoms with Crippen molar-refractivity contribution in [2.45, 2.75) is 32.1 Å². The van der Waals surface area contributed by atoms with Crippen LogP contribution in [0.3, 0.4) is 0 Å². The van der Waals surface area contributed by atoms with Crippen LogP contribution in [0, 0.1) is 0 Å². The first-order valence-corrected chi connectivity index (χ1v) is 10.6. The Morgan fingerprint density at radius 2 is 2.10 bits per heavy atom. The Balaban J connectivity index is 1.71. The van der Waals surface area contributed by atoms with Crippen LogP contribution in [0.1, 0.15) is 42.0 Å². The first kappa shape index (κ1) is 20.9. The number of hydrazine groups is 1. The Kier molecular flexibility index (Phi) is 5.65. The SMILES string of the molecule is C=C(Cc1cc(N2CC[C@](C)(c3ccccc3)C2)cn2nc(C(=O)NCC)nc12)NN. The number of allylic oxidation sites excluding steroid dienone is 1. The summed E-state index contributed by atoms with van der Waals surface area (Å²) >= 11 is 0. The summed E-state index contributed by atoms with van der Waals surface area (Å²) in [6.07, 6.45) is 3.50. The lowest BCUT2D eigenvalue weighted by Gasteiger charge is -2.26. The monoisotopic (exact) mass is 419 g/mol. The van der Waals surface area contributed by atoms with E-state index in [0.717, 1.165) is 30.8 Å². The molecule has 8 nitrogen and oxygen atoms in total. The Morgan fingerprint density at radius 1 is 1.32 bits per heavy atom. The molecule has 0 unspecified atom stereocenters. The van der Waals surface area contributed by atoms with Crippen LogP contribution in [0.2, 0.25) is 0 Å². The fourth-order valence-electron chi connectivity index (χ4n) is 4.22. The van der Waals surface area contributed by atoms with Gasteiger partial charge in [0.2, 0.25) is 5.82 Å². The minimum Gasteiger partial charge on any atom is -0.369 e. The zero-order valence-electron chi connectivity index (χ0n) is 18.1. The molecular formula is C23H29N7O. The zero-order chi connectivity index (χ0) is 22.0. The number of hydrogen-bond donors (Lipinski definition) is 3. The number of benzene rings is 1. The van der Waals surface area contributed by atoms with Gasteiger partial charge in [-0.1, -0.05) is 43.8 Å². The molecule has 8 heteroatoms. The fraction of sp³-hybridized carbons (Fsp3) is 0.348. The van der Waals surface area contributed by atoms with Crippen LogP contribution in [0.4, 0.5) is 5.69 Å². The van der Waals surface area contributed by atoms with E-state index in [1.165, 1.54) is 5.56 Å². The number of rotatable bonds is 7. The lowest BCUT2D eigenvalue weighted by atomic mass is 9.82. The van der Waals surface area contributed by atoms with Gasteiger partial charge < -0.3 is 15.6 Å². The predicted molar refractivity (Wildman–Crippen MR) is 122 cm³/mol. The van der Waals surface area contributed by atoms with Gasteiger partial charge in [-0.2, -0.15) is 0 Å². The van der Waals surface area contributed by atoms with Crippen LogP contribution < -0.4 is 21.5 Å². The molecule has 0 spiro atoms. The molecule has 0 aliphatic carbocycles. The molecule has 4 rings (SSSR count). The first-order chi connectivity index (χ1) is 14.9. The van der Waals surface area contributed by atoms with E-state index >= 15 is 0 Å². The van der Waals surface area contributed by atoms with Crippen LogP contribution in [0.5, 0.6) is 0 Å². The number of nitrogens with zero attached hydrogens (tertiary/aromatic N) is 4. The molecular weight excluding hydrogens is 390 g/mol. The molecule has 162 valence electrons. The van der Waals surface area contributed by atoms with Gasteiger partial charge >= 0.3 is 0 Å². The van der Waals surface area contributed by atoms with Gasteiger partial charge in [0.15, 0.2) is 5.65 Å². The summed E-state index contributed by atoms with van der Waals surface area (Å²) in [6.45, 7) is 10.5. The van der Waals surface area contributed by atoms with Crippen molar-refractivity contribution < 1.29 is 4.79 Å². The van der Waals surface area contributed by atoms with Crippen LogP contribution in [-0.2, 0) is 11.8 Å². The summed E-state index contributed by atoms with van der Waals surface area (Å²) in [6, 6.07) is 12.7. The second-order valence-electron chi connectivity index (χ2n) is 8.31. The van der Waals surface area contributed by atoms with Gasteiger partial charge in [-0.05, 0) is 25.0 Å². The number of nitrogens with one attached hydrogen (secondary N) is 2. The largest absolute Gasteiger partial charge is 0.369 e. The predicted octanol–water partition coefficient (Wildman–Crippen LogP) is 2.17. The quantitative estimate of drug-likeness (QED) is 0.401. The number of nitrogens with two attached hydrogens (primary N) is 1. The summed E-state index contributed by atoms with van der Waals surface area (Å²) in [4.78, 5) is 19.1. The average Bonchev–Trinajstić information content (AvgIpc) is 3.39. The molecule has 3 heterocycles. The number of pyridine rings is 1. The number of aromatic nitrogens is 3. The molecule has 2 aromatic heterocycles. The van der Waals surface area contributed by atoms with Gasteiger partial charge in [0, 0.05) is 42.7 Å². The molecule has 1 aliphatic heterocycles. The minimum atomic E-state index is -0.285. The molecule has 0 bridgehead atoms. The lowest BCUT2D eigenvalue weighted by molar-refractivity contribution is 0.0945. The van der Waals surface area contributed by atoms with Gasteiger partial charge in [0.1, 0.15) is 0 Å². The van der Waals surface area contributed by atoms with Gasteiger partial charge in [-0.25, -0.2) is 9.50 Å². The Bertz CT molecular complexity index is 1110. The van der Waals surface area contributed by atoms with Gasteiger partial charge in [-0.3, -0.25) is 10.6 Å². The van der Waals surface area contributed by atoms with E-state index in [2.05, 4.69) is 75.6 Å². The van der Waals surface area contributed by atoms with Crippen LogP contribution >= 0.6 is 0 Å². The average molecular weight is 420 g/mol. The highest BCUT2D eigenvalue weighted by Gasteiger charge is 2.35. The molecule has 1 aliphatic rings. The van der Waals surface area contributed by atoms with Gasteiger partial charge in [-0.15, -0.1) is 5.10 Å². The number of amides is 1. The maximum atomic E-state index is 12.3. The van der Waals surface area contributed by atoms with Crippen LogP contribution in [0.25, 0.3) is 5.65 Å². The van der Waals surface area contributed by atoms with Crippen LogP contribution in [0.15, 0.2) is 54.9 Å². The summed E-state index contributed by atoms with van der Waals surface area (Å²) in [7, 11) is 0. The van der Waals surface area contributed by atoms with Crippen LogP contribution in [-0.4, -0.2) is 40.1 Å². The fourth-order valence-corrected chi connectivity index (χ4v) is 4.22. The first-order valence-electron chi connectivity index (χ1n) is 10.6. The van der Waals surface area contributed by atoms with Crippen molar-refractivity contribution in [3.8, 4) is 0 Å². The molecule has 1 amide bonds. The third-order valence-corrected chi connectivity index (χ3v) is 5.95. The maximum Gasteiger partial charge on any atom is 0.290 e. The standard InChI is InChI=1S/C23H29N7O/c1-4-25-22(31)20-26-21-17(12-16(2)27-24)13-19(14-30(21)28-20)29-11-10-23(3,15-29)18-8-6-5-7-9-18/h5-9,13-14,27H,2,4,10-12,15,24H2,1,3H3,(H,25,31)/t23-/m0/s1. The minimum absolute atomic E-state index is 0.0767. The van der Waals surface area contributed by atoms with Crippen molar-refractivity contribution in [2.75, 3.05) is 24.5 Å². The topological polar surface area (TPSA) is 101 Å². The molecule has 3 aromatic rings. The zero-order valence-corrected chi connectivity index (χ0v) is 18.1. The maximum absolute atomic E-state index is 12.3. The summed E-state index contributed by atoms with van der Waals surface area (Å²) in [5.74, 6) is 5.42. The van der Waals surface area contributed by atoms with E-state index in [-0.39, 0.29) is 17.1 Å². The third kappa shape index (κ3) is 4.11. The van der Waals surface area contributed by atoms with Crippen molar-refractivity contribution >= 4 is 17.2 Å². The smallest absolute Gasteiger partial charge is 0.290 e. The molecule has 1 fully saturated rings. The highest BCUT2D eigenvalue weighted by Crippen LogP contribution is 2.36. The molecule has 4 N–H and O–H groups in total. The number of fused-ring (bicyclic) bond motifs is 1. The van der Waals surface area contributed by atoms with Crippen molar-refractivity contribution in [1.29, 1.82) is 0 Å². The second kappa shape index (κ2) is 8.39. The Morgan fingerprint density at radius 3 is 2.81 bits per heavy atom. The number of carbonyl (C=O) groups excluding carboxylic acids is 1. The van der Waals surface area contributed by atoms with E-state index in [1.807, 2.05) is 13.1 Å². The summed E-state index contributed by atoms with van der Waals surface area (Å²) in [5.41, 5.74) is 7.28. The lowest BCUT2D eigenvalue weighted by Crippen LogP contribution is -2.28. The number of anilines is 1. The molecule has 0 saturated carbocycles. The summed E-state index contributed by atoms with van der Waals surface area (Å²) < 4.78 is 1.69. The molecule has 1 atom stereocenters. The Hall–Kier alpha value is -3.39. The second-order valence-corrected chi connectivity index (χ2v) is 8.31. The third-order valence-electron chi connectivity index (χ3n) is 5.95. The molecule has 31 heavy (non-hydrogen) atoms. The number of hydrogen-bond acceptors (Lipinski definition) is 6.